The molecule has 0 aromatic heterocycles. The zero-order valence-electron chi connectivity index (χ0n) is 13.1. The van der Waals surface area contributed by atoms with Gasteiger partial charge in [0.25, 0.3) is 0 Å². The fourth-order valence-corrected chi connectivity index (χ4v) is 5.31. The Morgan fingerprint density at radius 2 is 1.52 bits per heavy atom. The molecule has 122 valence electrons. The van der Waals surface area contributed by atoms with Crippen molar-refractivity contribution in [1.29, 1.82) is 0 Å². The zero-order chi connectivity index (χ0) is 15.5. The molecule has 21 heavy (non-hydrogen) atoms. The summed E-state index contributed by atoms with van der Waals surface area (Å²) in [5, 5.41) is 5.99. The molecule has 2 saturated carbocycles. The summed E-state index contributed by atoms with van der Waals surface area (Å²) in [4.78, 5) is 12.0. The van der Waals surface area contributed by atoms with Crippen LogP contribution in [-0.2, 0) is 14.6 Å². The van der Waals surface area contributed by atoms with E-state index in [0.717, 1.165) is 51.4 Å². The Labute approximate surface area is 128 Å². The van der Waals surface area contributed by atoms with Gasteiger partial charge >= 0.3 is 0 Å². The first kappa shape index (κ1) is 16.7. The molecule has 0 aliphatic heterocycles. The molecular formula is C15H28N2O3S. The van der Waals surface area contributed by atoms with E-state index in [4.69, 9.17) is 0 Å². The van der Waals surface area contributed by atoms with Crippen LogP contribution in [0.3, 0.4) is 0 Å². The highest BCUT2D eigenvalue weighted by molar-refractivity contribution is 7.91. The van der Waals surface area contributed by atoms with Crippen LogP contribution in [0.5, 0.6) is 0 Å². The number of sulfone groups is 1. The van der Waals surface area contributed by atoms with Gasteiger partial charge in [-0.2, -0.15) is 0 Å². The van der Waals surface area contributed by atoms with Gasteiger partial charge in [0.05, 0.1) is 11.2 Å². The van der Waals surface area contributed by atoms with Gasteiger partial charge < -0.3 is 10.6 Å². The second-order valence-corrected chi connectivity index (χ2v) is 8.80. The van der Waals surface area contributed by atoms with Crippen LogP contribution in [-0.4, -0.2) is 45.0 Å². The summed E-state index contributed by atoms with van der Waals surface area (Å²) in [5.41, 5.74) is 0. The molecule has 0 heterocycles. The summed E-state index contributed by atoms with van der Waals surface area (Å²) < 4.78 is 24.0. The predicted octanol–water partition coefficient (Wildman–Crippen LogP) is 1.24. The summed E-state index contributed by atoms with van der Waals surface area (Å²) in [6, 6.07) is 0.120. The van der Waals surface area contributed by atoms with Crippen molar-refractivity contribution < 1.29 is 13.2 Å². The maximum atomic E-state index is 12.0. The van der Waals surface area contributed by atoms with Crippen LogP contribution in [0.15, 0.2) is 0 Å². The molecule has 0 unspecified atom stereocenters. The van der Waals surface area contributed by atoms with Crippen LogP contribution < -0.4 is 10.6 Å². The maximum absolute atomic E-state index is 12.0. The first-order valence-electron chi connectivity index (χ1n) is 8.10. The van der Waals surface area contributed by atoms with Crippen LogP contribution >= 0.6 is 0 Å². The predicted molar refractivity (Wildman–Crippen MR) is 83.8 cm³/mol. The molecular weight excluding hydrogens is 288 g/mol. The molecule has 0 spiro atoms. The number of hydrogen-bond acceptors (Lipinski definition) is 4. The fraction of sp³-hybridized carbons (Fsp3) is 0.933. The molecule has 4 atom stereocenters. The number of carbonyl (C=O) groups excluding carboxylic acids is 1. The quantitative estimate of drug-likeness (QED) is 0.818. The first-order valence-corrected chi connectivity index (χ1v) is 10.1. The van der Waals surface area contributed by atoms with E-state index in [1.54, 1.807) is 7.05 Å². The van der Waals surface area contributed by atoms with E-state index in [2.05, 4.69) is 10.6 Å². The number of nitrogens with one attached hydrogen (secondary N) is 2. The molecule has 0 radical (unpaired) electrons. The standard InChI is InChI=1S/C15H28N2O3S/c1-16-15(18)11-7-3-4-8-12(11)17-13-9-5-6-10-14(13)21(2,19)20/h11-14,17H,3-10H2,1-2H3,(H,16,18)/t11-,12+,13+,14+/m1/s1. The minimum absolute atomic E-state index is 0.00371. The van der Waals surface area contributed by atoms with E-state index in [1.165, 1.54) is 6.26 Å². The lowest BCUT2D eigenvalue weighted by Gasteiger charge is -2.38. The summed E-state index contributed by atoms with van der Waals surface area (Å²) in [5.74, 6) is 0.0600. The van der Waals surface area contributed by atoms with E-state index >= 15 is 0 Å². The third-order valence-corrected chi connectivity index (χ3v) is 6.69. The van der Waals surface area contributed by atoms with Crippen molar-refractivity contribution in [3.8, 4) is 0 Å². The van der Waals surface area contributed by atoms with Crippen LogP contribution in [0.1, 0.15) is 51.4 Å². The number of carbonyl (C=O) groups is 1. The average molecular weight is 316 g/mol. The topological polar surface area (TPSA) is 75.3 Å². The lowest BCUT2D eigenvalue weighted by Crippen LogP contribution is -2.54. The molecule has 1 amide bonds. The van der Waals surface area contributed by atoms with Gasteiger partial charge in [0.15, 0.2) is 9.84 Å². The van der Waals surface area contributed by atoms with Crippen LogP contribution in [0.2, 0.25) is 0 Å². The summed E-state index contributed by atoms with van der Waals surface area (Å²) in [6.45, 7) is 0. The number of amides is 1. The number of rotatable bonds is 4. The largest absolute Gasteiger partial charge is 0.359 e. The highest BCUT2D eigenvalue weighted by atomic mass is 32.2. The third kappa shape index (κ3) is 4.19. The second kappa shape index (κ2) is 7.09. The fourth-order valence-electron chi connectivity index (χ4n) is 3.90. The first-order chi connectivity index (χ1) is 9.93. The van der Waals surface area contributed by atoms with Crippen molar-refractivity contribution in [2.45, 2.75) is 68.7 Å². The molecule has 2 rings (SSSR count). The van der Waals surface area contributed by atoms with E-state index in [9.17, 15) is 13.2 Å². The second-order valence-electron chi connectivity index (χ2n) is 6.54. The van der Waals surface area contributed by atoms with Crippen molar-refractivity contribution in [3.63, 3.8) is 0 Å². The van der Waals surface area contributed by atoms with Gasteiger partial charge in [-0.15, -0.1) is 0 Å². The highest BCUT2D eigenvalue weighted by Gasteiger charge is 2.37. The normalized spacial score (nSPS) is 34.4. The Bertz CT molecular complexity index is 464. The molecule has 5 nitrogen and oxygen atoms in total. The molecule has 2 N–H and O–H groups in total. The Morgan fingerprint density at radius 1 is 0.952 bits per heavy atom. The Hall–Kier alpha value is -0.620. The summed E-state index contributed by atoms with van der Waals surface area (Å²) >= 11 is 0. The monoisotopic (exact) mass is 316 g/mol. The van der Waals surface area contributed by atoms with Gasteiger partial charge in [-0.25, -0.2) is 8.42 Å². The van der Waals surface area contributed by atoms with Gasteiger partial charge in [-0.3, -0.25) is 4.79 Å². The minimum atomic E-state index is -3.03. The third-order valence-electron chi connectivity index (χ3n) is 5.03. The highest BCUT2D eigenvalue weighted by Crippen LogP contribution is 2.29. The summed E-state index contributed by atoms with van der Waals surface area (Å²) in [6.07, 6.45) is 9.09. The minimum Gasteiger partial charge on any atom is -0.359 e. The van der Waals surface area contributed by atoms with Crippen LogP contribution in [0, 0.1) is 5.92 Å². The Kier molecular flexibility index (Phi) is 5.66. The van der Waals surface area contributed by atoms with E-state index in [1.807, 2.05) is 0 Å². The summed E-state index contributed by atoms with van der Waals surface area (Å²) in [7, 11) is -1.36. The number of hydrogen-bond donors (Lipinski definition) is 2. The smallest absolute Gasteiger partial charge is 0.224 e. The molecule has 6 heteroatoms. The van der Waals surface area contributed by atoms with Crippen molar-refractivity contribution >= 4 is 15.7 Å². The molecule has 2 aliphatic rings. The van der Waals surface area contributed by atoms with Gasteiger partial charge in [0.2, 0.25) is 5.91 Å². The molecule has 2 aliphatic carbocycles. The lowest BCUT2D eigenvalue weighted by atomic mass is 9.82. The van der Waals surface area contributed by atoms with Gasteiger partial charge in [-0.1, -0.05) is 25.7 Å². The zero-order valence-corrected chi connectivity index (χ0v) is 13.9. The van der Waals surface area contributed by atoms with Crippen LogP contribution in [0.25, 0.3) is 0 Å². The molecule has 0 aromatic carbocycles. The molecule has 0 bridgehead atoms. The van der Waals surface area contributed by atoms with Gasteiger partial charge in [-0.05, 0) is 25.7 Å². The van der Waals surface area contributed by atoms with Crippen molar-refractivity contribution in [3.05, 3.63) is 0 Å². The van der Waals surface area contributed by atoms with Gasteiger partial charge in [0, 0.05) is 25.4 Å². The van der Waals surface area contributed by atoms with Crippen molar-refractivity contribution in [1.82, 2.24) is 10.6 Å². The molecule has 0 saturated heterocycles. The van der Waals surface area contributed by atoms with Crippen molar-refractivity contribution in [2.24, 2.45) is 5.92 Å². The average Bonchev–Trinajstić information content (AvgIpc) is 2.46. The van der Waals surface area contributed by atoms with E-state index in [0.29, 0.717) is 0 Å². The molecule has 2 fully saturated rings. The van der Waals surface area contributed by atoms with Gasteiger partial charge in [0.1, 0.15) is 0 Å². The molecule has 0 aromatic rings. The maximum Gasteiger partial charge on any atom is 0.224 e. The van der Waals surface area contributed by atoms with Crippen LogP contribution in [0.4, 0.5) is 0 Å². The SMILES string of the molecule is CNC(=O)[C@@H]1CCCC[C@@H]1N[C@H]1CCCC[C@@H]1S(C)(=O)=O. The van der Waals surface area contributed by atoms with E-state index in [-0.39, 0.29) is 29.2 Å². The van der Waals surface area contributed by atoms with Crippen molar-refractivity contribution in [2.75, 3.05) is 13.3 Å². The Morgan fingerprint density at radius 3 is 2.14 bits per heavy atom. The van der Waals surface area contributed by atoms with E-state index < -0.39 is 9.84 Å². The lowest BCUT2D eigenvalue weighted by molar-refractivity contribution is -0.126. The Balaban J connectivity index is 2.08.